The van der Waals surface area contributed by atoms with E-state index in [0.717, 1.165) is 12.8 Å². The normalized spacial score (nSPS) is 17.9. The van der Waals surface area contributed by atoms with Crippen molar-refractivity contribution in [3.8, 4) is 0 Å². The summed E-state index contributed by atoms with van der Waals surface area (Å²) in [5, 5.41) is 13.9. The van der Waals surface area contributed by atoms with Crippen LogP contribution >= 0.6 is 0 Å². The van der Waals surface area contributed by atoms with Crippen LogP contribution in [0.3, 0.4) is 0 Å². The first-order valence-electron chi connectivity index (χ1n) is 6.44. The molecule has 0 aromatic heterocycles. The van der Waals surface area contributed by atoms with Crippen LogP contribution in [-0.2, 0) is 4.79 Å². The fraction of sp³-hybridized carbons (Fsp3) is 0.833. The van der Waals surface area contributed by atoms with Crippen molar-refractivity contribution in [1.29, 1.82) is 0 Å². The number of carbonyl (C=O) groups excluding carboxylic acids is 1. The van der Waals surface area contributed by atoms with Gasteiger partial charge in [0, 0.05) is 12.6 Å². The molecule has 1 saturated carbocycles. The first-order chi connectivity index (χ1) is 8.18. The molecule has 2 amide bonds. The number of carboxylic acids is 1. The second-order valence-electron chi connectivity index (χ2n) is 4.59. The third-order valence-corrected chi connectivity index (χ3v) is 3.06. The second kappa shape index (κ2) is 7.92. The molecule has 3 N–H and O–H groups in total. The van der Waals surface area contributed by atoms with E-state index in [4.69, 9.17) is 5.11 Å². The number of amides is 2. The molecule has 0 aromatic carbocycles. The largest absolute Gasteiger partial charge is 0.481 e. The lowest BCUT2D eigenvalue weighted by atomic mass is 9.97. The molecule has 0 unspecified atom stereocenters. The maximum absolute atomic E-state index is 11.5. The first-order valence-corrected chi connectivity index (χ1v) is 6.44. The van der Waals surface area contributed by atoms with E-state index in [-0.39, 0.29) is 25.0 Å². The zero-order valence-electron chi connectivity index (χ0n) is 10.2. The standard InChI is InChI=1S/C12H22N2O3/c15-11(16)8-9-13-12(17)14-10-6-4-2-1-3-5-7-10/h10H,1-9H2,(H,15,16)(H2,13,14,17). The summed E-state index contributed by atoms with van der Waals surface area (Å²) < 4.78 is 0. The topological polar surface area (TPSA) is 78.4 Å². The van der Waals surface area contributed by atoms with Gasteiger partial charge >= 0.3 is 12.0 Å². The van der Waals surface area contributed by atoms with E-state index in [1.165, 1.54) is 32.1 Å². The van der Waals surface area contributed by atoms with Crippen molar-refractivity contribution in [1.82, 2.24) is 10.6 Å². The minimum Gasteiger partial charge on any atom is -0.481 e. The SMILES string of the molecule is O=C(O)CCNC(=O)NC1CCCCCCC1. The molecule has 5 nitrogen and oxygen atoms in total. The fourth-order valence-corrected chi connectivity index (χ4v) is 2.12. The van der Waals surface area contributed by atoms with Gasteiger partial charge in [-0.25, -0.2) is 4.79 Å². The number of carbonyl (C=O) groups is 2. The molecule has 5 heteroatoms. The number of hydrogen-bond acceptors (Lipinski definition) is 2. The van der Waals surface area contributed by atoms with E-state index < -0.39 is 5.97 Å². The molecule has 1 aliphatic carbocycles. The molecule has 1 fully saturated rings. The monoisotopic (exact) mass is 242 g/mol. The summed E-state index contributed by atoms with van der Waals surface area (Å²) in [6.45, 7) is 0.188. The molecule has 0 atom stereocenters. The van der Waals surface area contributed by atoms with Gasteiger partial charge in [-0.3, -0.25) is 4.79 Å². The molecule has 0 saturated heterocycles. The quantitative estimate of drug-likeness (QED) is 0.704. The number of nitrogens with one attached hydrogen (secondary N) is 2. The van der Waals surface area contributed by atoms with Gasteiger partial charge in [-0.1, -0.05) is 32.1 Å². The minimum atomic E-state index is -0.892. The summed E-state index contributed by atoms with van der Waals surface area (Å²) in [6, 6.07) is 0.0111. The molecule has 1 rings (SSSR count). The Morgan fingerprint density at radius 3 is 2.24 bits per heavy atom. The van der Waals surface area contributed by atoms with E-state index in [9.17, 15) is 9.59 Å². The molecule has 0 aromatic rings. The van der Waals surface area contributed by atoms with Crippen molar-refractivity contribution in [2.75, 3.05) is 6.54 Å². The van der Waals surface area contributed by atoms with Gasteiger partial charge in [0.2, 0.25) is 0 Å². The fourth-order valence-electron chi connectivity index (χ4n) is 2.12. The van der Waals surface area contributed by atoms with Gasteiger partial charge in [0.05, 0.1) is 6.42 Å². The van der Waals surface area contributed by atoms with Crippen molar-refractivity contribution >= 4 is 12.0 Å². The van der Waals surface area contributed by atoms with Gasteiger partial charge in [-0.15, -0.1) is 0 Å². The average Bonchev–Trinajstić information content (AvgIpc) is 2.21. The zero-order chi connectivity index (χ0) is 12.5. The Bertz CT molecular complexity index is 248. The summed E-state index contributed by atoms with van der Waals surface area (Å²) in [5.41, 5.74) is 0. The lowest BCUT2D eigenvalue weighted by Crippen LogP contribution is -2.42. The predicted molar refractivity (Wildman–Crippen MR) is 64.9 cm³/mol. The molecular formula is C12H22N2O3. The summed E-state index contributed by atoms with van der Waals surface area (Å²) in [6.07, 6.45) is 8.17. The van der Waals surface area contributed by atoms with Crippen LogP contribution in [0.15, 0.2) is 0 Å². The van der Waals surface area contributed by atoms with E-state index >= 15 is 0 Å². The predicted octanol–water partition coefficient (Wildman–Crippen LogP) is 1.87. The van der Waals surface area contributed by atoms with Crippen molar-refractivity contribution < 1.29 is 14.7 Å². The third kappa shape index (κ3) is 6.81. The summed E-state index contributed by atoms with van der Waals surface area (Å²) in [4.78, 5) is 21.8. The number of rotatable bonds is 4. The number of hydrogen-bond donors (Lipinski definition) is 3. The molecule has 1 aliphatic rings. The highest BCUT2D eigenvalue weighted by atomic mass is 16.4. The van der Waals surface area contributed by atoms with Gasteiger partial charge in [-0.2, -0.15) is 0 Å². The molecular weight excluding hydrogens is 220 g/mol. The van der Waals surface area contributed by atoms with Crippen LogP contribution in [0.1, 0.15) is 51.4 Å². The lowest BCUT2D eigenvalue weighted by Gasteiger charge is -2.21. The van der Waals surface area contributed by atoms with Crippen LogP contribution in [0.4, 0.5) is 4.79 Å². The molecule has 98 valence electrons. The molecule has 17 heavy (non-hydrogen) atoms. The molecule has 0 aliphatic heterocycles. The van der Waals surface area contributed by atoms with E-state index in [1.807, 2.05) is 0 Å². The molecule has 0 radical (unpaired) electrons. The second-order valence-corrected chi connectivity index (χ2v) is 4.59. The van der Waals surface area contributed by atoms with Gasteiger partial charge < -0.3 is 15.7 Å². The Balaban J connectivity index is 2.16. The van der Waals surface area contributed by atoms with E-state index in [2.05, 4.69) is 10.6 Å². The molecule has 0 spiro atoms. The van der Waals surface area contributed by atoms with Crippen LogP contribution in [0.5, 0.6) is 0 Å². The summed E-state index contributed by atoms with van der Waals surface area (Å²) in [7, 11) is 0. The van der Waals surface area contributed by atoms with E-state index in [0.29, 0.717) is 0 Å². The lowest BCUT2D eigenvalue weighted by molar-refractivity contribution is -0.136. The highest BCUT2D eigenvalue weighted by Gasteiger charge is 2.13. The van der Waals surface area contributed by atoms with Crippen LogP contribution in [0, 0.1) is 0 Å². The Kier molecular flexibility index (Phi) is 6.43. The van der Waals surface area contributed by atoms with E-state index in [1.54, 1.807) is 0 Å². The Morgan fingerprint density at radius 2 is 1.65 bits per heavy atom. The van der Waals surface area contributed by atoms with Gasteiger partial charge in [-0.05, 0) is 12.8 Å². The number of urea groups is 1. The maximum atomic E-state index is 11.5. The molecule has 0 bridgehead atoms. The zero-order valence-corrected chi connectivity index (χ0v) is 10.2. The van der Waals surface area contributed by atoms with Gasteiger partial charge in [0.1, 0.15) is 0 Å². The first kappa shape index (κ1) is 13.8. The average molecular weight is 242 g/mol. The highest BCUT2D eigenvalue weighted by Crippen LogP contribution is 2.16. The smallest absolute Gasteiger partial charge is 0.315 e. The van der Waals surface area contributed by atoms with Crippen molar-refractivity contribution in [2.24, 2.45) is 0 Å². The van der Waals surface area contributed by atoms with Crippen LogP contribution in [-0.4, -0.2) is 29.7 Å². The van der Waals surface area contributed by atoms with Crippen molar-refractivity contribution in [2.45, 2.75) is 57.4 Å². The van der Waals surface area contributed by atoms with Crippen LogP contribution in [0.25, 0.3) is 0 Å². The van der Waals surface area contributed by atoms with Crippen LogP contribution in [0.2, 0.25) is 0 Å². The van der Waals surface area contributed by atoms with Crippen LogP contribution < -0.4 is 10.6 Å². The number of aliphatic carboxylic acids is 1. The highest BCUT2D eigenvalue weighted by molar-refractivity contribution is 5.75. The Morgan fingerprint density at radius 1 is 1.06 bits per heavy atom. The number of carboxylic acid groups (broad SMARTS) is 1. The van der Waals surface area contributed by atoms with Gasteiger partial charge in [0.15, 0.2) is 0 Å². The minimum absolute atomic E-state index is 0.0297. The molecule has 0 heterocycles. The Hall–Kier alpha value is -1.26. The summed E-state index contributed by atoms with van der Waals surface area (Å²) in [5.74, 6) is -0.892. The summed E-state index contributed by atoms with van der Waals surface area (Å²) >= 11 is 0. The third-order valence-electron chi connectivity index (χ3n) is 3.06. The van der Waals surface area contributed by atoms with Crippen molar-refractivity contribution in [3.05, 3.63) is 0 Å². The van der Waals surface area contributed by atoms with Gasteiger partial charge in [0.25, 0.3) is 0 Å². The Labute approximate surface area is 102 Å². The van der Waals surface area contributed by atoms with Crippen molar-refractivity contribution in [3.63, 3.8) is 0 Å². The maximum Gasteiger partial charge on any atom is 0.315 e.